The fourth-order valence-corrected chi connectivity index (χ4v) is 2.36. The number of nitrogens with zero attached hydrogens (tertiary/aromatic N) is 3. The van der Waals surface area contributed by atoms with Crippen molar-refractivity contribution in [2.75, 3.05) is 47.5 Å². The standard InChI is InChI=1S/C9H23N3O3S/c1-10(2)9(11(3)4)12(5)7-6-8-16(13,14)15/h9H,6-8H2,1-5H3,(H,13,14,15). The third kappa shape index (κ3) is 6.39. The van der Waals surface area contributed by atoms with E-state index in [2.05, 4.69) is 0 Å². The second-order valence-corrected chi connectivity index (χ2v) is 5.97. The van der Waals surface area contributed by atoms with Crippen molar-refractivity contribution in [1.29, 1.82) is 0 Å². The molecule has 0 atom stereocenters. The van der Waals surface area contributed by atoms with E-state index in [0.29, 0.717) is 13.0 Å². The van der Waals surface area contributed by atoms with Crippen molar-refractivity contribution in [2.24, 2.45) is 0 Å². The maximum Gasteiger partial charge on any atom is 0.264 e. The predicted octanol–water partition coefficient (Wildman–Crippen LogP) is -0.397. The Balaban J connectivity index is 4.17. The summed E-state index contributed by atoms with van der Waals surface area (Å²) in [5.74, 6) is -0.190. The van der Waals surface area contributed by atoms with Crippen LogP contribution in [0.2, 0.25) is 0 Å². The Morgan fingerprint density at radius 2 is 1.50 bits per heavy atom. The second kappa shape index (κ2) is 6.51. The molecule has 0 heterocycles. The zero-order valence-electron chi connectivity index (χ0n) is 10.7. The topological polar surface area (TPSA) is 64.1 Å². The first-order valence-corrected chi connectivity index (χ1v) is 6.74. The average Bonchev–Trinajstić information content (AvgIpc) is 1.99. The normalized spacial score (nSPS) is 13.4. The number of rotatable bonds is 7. The lowest BCUT2D eigenvalue weighted by Gasteiger charge is -2.37. The lowest BCUT2D eigenvalue weighted by Crippen LogP contribution is -2.52. The molecule has 0 fully saturated rings. The van der Waals surface area contributed by atoms with Crippen LogP contribution in [0.1, 0.15) is 6.42 Å². The Morgan fingerprint density at radius 3 is 1.81 bits per heavy atom. The van der Waals surface area contributed by atoms with E-state index in [1.54, 1.807) is 0 Å². The van der Waals surface area contributed by atoms with E-state index < -0.39 is 10.1 Å². The molecule has 0 amide bonds. The molecule has 0 aromatic carbocycles. The number of hydrogen-bond acceptors (Lipinski definition) is 5. The minimum Gasteiger partial charge on any atom is -0.286 e. The molecule has 0 saturated heterocycles. The lowest BCUT2D eigenvalue weighted by atomic mass is 10.4. The van der Waals surface area contributed by atoms with Gasteiger partial charge >= 0.3 is 0 Å². The molecule has 0 aliphatic rings. The van der Waals surface area contributed by atoms with E-state index in [1.165, 1.54) is 0 Å². The van der Waals surface area contributed by atoms with Crippen LogP contribution in [0.4, 0.5) is 0 Å². The summed E-state index contributed by atoms with van der Waals surface area (Å²) in [7, 11) is 5.93. The van der Waals surface area contributed by atoms with Crippen molar-refractivity contribution in [1.82, 2.24) is 14.7 Å². The van der Waals surface area contributed by atoms with Gasteiger partial charge in [-0.2, -0.15) is 8.42 Å². The lowest BCUT2D eigenvalue weighted by molar-refractivity contribution is -0.00601. The molecule has 0 rings (SSSR count). The fourth-order valence-electron chi connectivity index (χ4n) is 1.86. The molecule has 6 nitrogen and oxygen atoms in total. The summed E-state index contributed by atoms with van der Waals surface area (Å²) >= 11 is 0. The highest BCUT2D eigenvalue weighted by Crippen LogP contribution is 2.04. The Morgan fingerprint density at radius 1 is 1.06 bits per heavy atom. The molecular weight excluding hydrogens is 230 g/mol. The highest BCUT2D eigenvalue weighted by atomic mass is 32.2. The molecule has 98 valence electrons. The molecule has 16 heavy (non-hydrogen) atoms. The highest BCUT2D eigenvalue weighted by Gasteiger charge is 2.19. The van der Waals surface area contributed by atoms with Crippen molar-refractivity contribution in [3.63, 3.8) is 0 Å². The van der Waals surface area contributed by atoms with Crippen LogP contribution in [0.3, 0.4) is 0 Å². The Labute approximate surface area is 98.6 Å². The van der Waals surface area contributed by atoms with Crippen LogP contribution < -0.4 is 0 Å². The molecule has 0 aromatic heterocycles. The van der Waals surface area contributed by atoms with Crippen molar-refractivity contribution < 1.29 is 13.0 Å². The molecule has 0 radical (unpaired) electrons. The molecule has 1 N–H and O–H groups in total. The van der Waals surface area contributed by atoms with E-state index in [9.17, 15) is 8.42 Å². The van der Waals surface area contributed by atoms with Gasteiger partial charge in [0.1, 0.15) is 6.29 Å². The van der Waals surface area contributed by atoms with Gasteiger partial charge in [-0.15, -0.1) is 0 Å². The minimum absolute atomic E-state index is 0.112. The zero-order chi connectivity index (χ0) is 12.9. The third-order valence-electron chi connectivity index (χ3n) is 2.23. The second-order valence-electron chi connectivity index (χ2n) is 4.39. The zero-order valence-corrected chi connectivity index (χ0v) is 11.5. The summed E-state index contributed by atoms with van der Waals surface area (Å²) in [6.07, 6.45) is 0.537. The summed E-state index contributed by atoms with van der Waals surface area (Å²) in [5, 5.41) is 0. The predicted molar refractivity (Wildman–Crippen MR) is 64.8 cm³/mol. The average molecular weight is 253 g/mol. The molecule has 0 saturated carbocycles. The number of hydrogen-bond donors (Lipinski definition) is 1. The molecule has 0 unspecified atom stereocenters. The van der Waals surface area contributed by atoms with E-state index >= 15 is 0 Å². The summed E-state index contributed by atoms with van der Waals surface area (Å²) in [5.41, 5.74) is 0. The summed E-state index contributed by atoms with van der Waals surface area (Å²) in [6.45, 7) is 0.612. The van der Waals surface area contributed by atoms with Crippen molar-refractivity contribution >= 4 is 10.1 Å². The maximum atomic E-state index is 10.6. The first kappa shape index (κ1) is 15.8. The van der Waals surface area contributed by atoms with Crippen LogP contribution in [0.15, 0.2) is 0 Å². The van der Waals surface area contributed by atoms with E-state index in [-0.39, 0.29) is 12.0 Å². The van der Waals surface area contributed by atoms with Gasteiger partial charge < -0.3 is 0 Å². The van der Waals surface area contributed by atoms with Gasteiger partial charge in [-0.05, 0) is 41.7 Å². The monoisotopic (exact) mass is 253 g/mol. The van der Waals surface area contributed by atoms with Gasteiger partial charge in [0.15, 0.2) is 0 Å². The molecule has 0 spiro atoms. The van der Waals surface area contributed by atoms with Gasteiger partial charge in [0.2, 0.25) is 0 Å². The fraction of sp³-hybridized carbons (Fsp3) is 1.00. The Bertz CT molecular complexity index is 282. The van der Waals surface area contributed by atoms with Crippen molar-refractivity contribution in [2.45, 2.75) is 12.7 Å². The first-order chi connectivity index (χ1) is 7.15. The Kier molecular flexibility index (Phi) is 6.42. The Hall–Kier alpha value is -0.210. The first-order valence-electron chi connectivity index (χ1n) is 5.13. The summed E-state index contributed by atoms with van der Waals surface area (Å²) < 4.78 is 29.8. The van der Waals surface area contributed by atoms with Gasteiger partial charge in [0, 0.05) is 6.54 Å². The van der Waals surface area contributed by atoms with Gasteiger partial charge in [0.05, 0.1) is 5.75 Å². The minimum atomic E-state index is -3.84. The van der Waals surface area contributed by atoms with Crippen LogP contribution in [0.25, 0.3) is 0 Å². The molecule has 7 heteroatoms. The van der Waals surface area contributed by atoms with E-state index in [4.69, 9.17) is 4.55 Å². The summed E-state index contributed by atoms with van der Waals surface area (Å²) in [4.78, 5) is 6.10. The highest BCUT2D eigenvalue weighted by molar-refractivity contribution is 7.85. The molecule has 0 aliphatic heterocycles. The van der Waals surface area contributed by atoms with Crippen molar-refractivity contribution in [3.8, 4) is 0 Å². The van der Waals surface area contributed by atoms with E-state index in [0.717, 1.165) is 0 Å². The van der Waals surface area contributed by atoms with Crippen molar-refractivity contribution in [3.05, 3.63) is 0 Å². The molecule has 0 bridgehead atoms. The van der Waals surface area contributed by atoms with Gasteiger partial charge in [-0.25, -0.2) is 0 Å². The SMILES string of the molecule is CN(C)C(N(C)C)N(C)CCCS(=O)(=O)O. The van der Waals surface area contributed by atoms with Gasteiger partial charge in [0.25, 0.3) is 10.1 Å². The van der Waals surface area contributed by atoms with Crippen LogP contribution in [-0.4, -0.2) is 81.5 Å². The maximum absolute atomic E-state index is 10.6. The molecule has 0 aromatic rings. The largest absolute Gasteiger partial charge is 0.286 e. The van der Waals surface area contributed by atoms with Crippen LogP contribution >= 0.6 is 0 Å². The van der Waals surface area contributed by atoms with Crippen LogP contribution in [0, 0.1) is 0 Å². The smallest absolute Gasteiger partial charge is 0.264 e. The molecule has 0 aliphatic carbocycles. The van der Waals surface area contributed by atoms with Crippen LogP contribution in [-0.2, 0) is 10.1 Å². The third-order valence-corrected chi connectivity index (χ3v) is 3.04. The van der Waals surface area contributed by atoms with Gasteiger partial charge in [-0.3, -0.25) is 19.3 Å². The molecular formula is C9H23N3O3S. The van der Waals surface area contributed by atoms with Crippen LogP contribution in [0.5, 0.6) is 0 Å². The van der Waals surface area contributed by atoms with Gasteiger partial charge in [-0.1, -0.05) is 0 Å². The quantitative estimate of drug-likeness (QED) is 0.492. The summed E-state index contributed by atoms with van der Waals surface area (Å²) in [6, 6.07) is 0. The van der Waals surface area contributed by atoms with E-state index in [1.807, 2.05) is 49.9 Å².